The van der Waals surface area contributed by atoms with Gasteiger partial charge in [0.1, 0.15) is 0 Å². The topological polar surface area (TPSA) is 56.5 Å². The van der Waals surface area contributed by atoms with E-state index in [9.17, 15) is 0 Å². The van der Waals surface area contributed by atoms with Crippen molar-refractivity contribution >= 4 is 21.7 Å². The Hall–Kier alpha value is -7.50. The monoisotopic (exact) mass is 743 g/mol. The highest BCUT2D eigenvalue weighted by molar-refractivity contribution is 6.14. The second-order valence-corrected chi connectivity index (χ2v) is 15.6. The van der Waals surface area contributed by atoms with Gasteiger partial charge >= 0.3 is 0 Å². The van der Waals surface area contributed by atoms with Gasteiger partial charge in [-0.25, -0.2) is 15.0 Å². The van der Waals surface area contributed by atoms with Crippen LogP contribution in [0.25, 0.3) is 94.9 Å². The molecule has 7 aromatic carbocycles. The molecule has 0 aliphatic heterocycles. The Labute approximate surface area is 337 Å². The average molecular weight is 744 g/mol. The normalized spacial score (nSPS) is 12.8. The second-order valence-electron chi connectivity index (χ2n) is 15.6. The molecule has 0 unspecified atom stereocenters. The number of hydrogen-bond acceptors (Lipinski definition) is 4. The highest BCUT2D eigenvalue weighted by Crippen LogP contribution is 2.51. The molecule has 11 rings (SSSR count). The lowest BCUT2D eigenvalue weighted by Gasteiger charge is -2.22. The van der Waals surface area contributed by atoms with Crippen LogP contribution in [0.4, 0.5) is 0 Å². The third-order valence-electron chi connectivity index (χ3n) is 11.8. The van der Waals surface area contributed by atoms with Gasteiger partial charge in [-0.15, -0.1) is 0 Å². The van der Waals surface area contributed by atoms with Crippen LogP contribution in [-0.2, 0) is 5.41 Å². The van der Waals surface area contributed by atoms with Gasteiger partial charge in [0.2, 0.25) is 0 Å². The van der Waals surface area contributed by atoms with Gasteiger partial charge in [-0.2, -0.15) is 0 Å². The van der Waals surface area contributed by atoms with Gasteiger partial charge in [0.05, 0.1) is 5.52 Å². The molecule has 1 aliphatic carbocycles. The van der Waals surface area contributed by atoms with Crippen molar-refractivity contribution in [3.63, 3.8) is 0 Å². The minimum Gasteiger partial charge on any atom is -0.316 e. The standard InChI is InChI=1S/C53H37N5/c1-53(2)46-31-38(37-17-11-18-39(30-37)45-33-58(41-26-28-54-29-27-41)48-25-22-34-12-9-10-19-42(34)49(45)48)20-23-43(46)44-24-21-40(32-47(44)53)52-56-50(35-13-5-3-6-14-35)55-51(57-52)36-15-7-4-8-16-36/h3-33H,1-2H3. The highest BCUT2D eigenvalue weighted by Gasteiger charge is 2.36. The van der Waals surface area contributed by atoms with Crippen molar-refractivity contribution in [2.45, 2.75) is 19.3 Å². The number of aromatic nitrogens is 5. The highest BCUT2D eigenvalue weighted by atomic mass is 15.0. The van der Waals surface area contributed by atoms with E-state index in [4.69, 9.17) is 15.0 Å². The van der Waals surface area contributed by atoms with Crippen molar-refractivity contribution in [3.8, 4) is 73.2 Å². The maximum Gasteiger partial charge on any atom is 0.164 e. The van der Waals surface area contributed by atoms with Crippen molar-refractivity contribution in [2.24, 2.45) is 0 Å². The largest absolute Gasteiger partial charge is 0.316 e. The lowest BCUT2D eigenvalue weighted by atomic mass is 9.81. The van der Waals surface area contributed by atoms with Crippen molar-refractivity contribution in [3.05, 3.63) is 200 Å². The van der Waals surface area contributed by atoms with E-state index < -0.39 is 0 Å². The van der Waals surface area contributed by atoms with Gasteiger partial charge in [0.25, 0.3) is 0 Å². The Bertz CT molecular complexity index is 3130. The minimum absolute atomic E-state index is 0.247. The number of hydrogen-bond donors (Lipinski definition) is 0. The summed E-state index contributed by atoms with van der Waals surface area (Å²) in [5, 5.41) is 3.72. The molecule has 0 saturated heterocycles. The van der Waals surface area contributed by atoms with Crippen LogP contribution in [0.3, 0.4) is 0 Å². The SMILES string of the molecule is CC1(C)c2cc(-c3cccc(-c4cn(-c5ccncc5)c5ccc6ccccc6c45)c3)ccc2-c2ccc(-c3nc(-c4ccccc4)nc(-c4ccccc4)n3)cc21. The number of nitrogens with zero attached hydrogens (tertiary/aromatic N) is 5. The van der Waals surface area contributed by atoms with E-state index in [1.807, 2.05) is 73.1 Å². The minimum atomic E-state index is -0.247. The number of benzene rings is 7. The molecule has 10 aromatic rings. The van der Waals surface area contributed by atoms with Crippen molar-refractivity contribution in [1.29, 1.82) is 0 Å². The first-order chi connectivity index (χ1) is 28.5. The first-order valence-electron chi connectivity index (χ1n) is 19.7. The van der Waals surface area contributed by atoms with Crippen LogP contribution in [0.1, 0.15) is 25.0 Å². The third kappa shape index (κ3) is 5.54. The Morgan fingerprint density at radius 1 is 0.431 bits per heavy atom. The molecule has 0 amide bonds. The molecule has 0 radical (unpaired) electrons. The predicted octanol–water partition coefficient (Wildman–Crippen LogP) is 13.0. The van der Waals surface area contributed by atoms with E-state index in [2.05, 4.69) is 139 Å². The second kappa shape index (κ2) is 13.3. The summed E-state index contributed by atoms with van der Waals surface area (Å²) in [6.07, 6.45) is 5.99. The van der Waals surface area contributed by atoms with E-state index in [0.29, 0.717) is 17.5 Å². The molecule has 3 heterocycles. The molecule has 1 aliphatic rings. The van der Waals surface area contributed by atoms with Gasteiger partial charge in [-0.3, -0.25) is 4.98 Å². The predicted molar refractivity (Wildman–Crippen MR) is 237 cm³/mol. The van der Waals surface area contributed by atoms with Crippen LogP contribution < -0.4 is 0 Å². The molecule has 0 atom stereocenters. The maximum absolute atomic E-state index is 5.04. The number of fused-ring (bicyclic) bond motifs is 6. The van der Waals surface area contributed by atoms with Crippen LogP contribution in [0.2, 0.25) is 0 Å². The van der Waals surface area contributed by atoms with Crippen molar-refractivity contribution in [2.75, 3.05) is 0 Å². The Balaban J connectivity index is 0.991. The molecule has 5 heteroatoms. The van der Waals surface area contributed by atoms with Crippen LogP contribution in [0.5, 0.6) is 0 Å². The van der Waals surface area contributed by atoms with Crippen molar-refractivity contribution in [1.82, 2.24) is 24.5 Å². The van der Waals surface area contributed by atoms with E-state index in [0.717, 1.165) is 22.4 Å². The van der Waals surface area contributed by atoms with Crippen LogP contribution >= 0.6 is 0 Å². The van der Waals surface area contributed by atoms with E-state index >= 15 is 0 Å². The Kier molecular flexibility index (Phi) is 7.76. The fraction of sp³-hybridized carbons (Fsp3) is 0.0566. The molecule has 0 bridgehead atoms. The van der Waals surface area contributed by atoms with E-state index in [1.54, 1.807) is 0 Å². The van der Waals surface area contributed by atoms with E-state index in [1.165, 1.54) is 66.2 Å². The van der Waals surface area contributed by atoms with Crippen molar-refractivity contribution < 1.29 is 0 Å². The molecular weight excluding hydrogens is 707 g/mol. The lowest BCUT2D eigenvalue weighted by Crippen LogP contribution is -2.15. The molecule has 0 saturated carbocycles. The quantitative estimate of drug-likeness (QED) is 0.170. The summed E-state index contributed by atoms with van der Waals surface area (Å²) in [5.74, 6) is 1.99. The smallest absolute Gasteiger partial charge is 0.164 e. The molecule has 0 N–H and O–H groups in total. The summed E-state index contributed by atoms with van der Waals surface area (Å²) in [4.78, 5) is 19.3. The first-order valence-corrected chi connectivity index (χ1v) is 19.7. The zero-order valence-corrected chi connectivity index (χ0v) is 32.1. The number of rotatable bonds is 6. The fourth-order valence-electron chi connectivity index (χ4n) is 8.80. The summed E-state index contributed by atoms with van der Waals surface area (Å²) < 4.78 is 2.29. The molecule has 5 nitrogen and oxygen atoms in total. The fourth-order valence-corrected chi connectivity index (χ4v) is 8.80. The average Bonchev–Trinajstić information content (AvgIpc) is 3.79. The van der Waals surface area contributed by atoms with Crippen LogP contribution in [0.15, 0.2) is 188 Å². The summed E-state index contributed by atoms with van der Waals surface area (Å²) in [6.45, 7) is 4.66. The van der Waals surface area contributed by atoms with Gasteiger partial charge in [-0.05, 0) is 86.1 Å². The number of pyridine rings is 1. The zero-order chi connectivity index (χ0) is 38.8. The van der Waals surface area contributed by atoms with Crippen LogP contribution in [-0.4, -0.2) is 24.5 Å². The summed E-state index contributed by atoms with van der Waals surface area (Å²) in [5.41, 5.74) is 14.8. The molecule has 274 valence electrons. The zero-order valence-electron chi connectivity index (χ0n) is 32.1. The summed E-state index contributed by atoms with van der Waals surface area (Å²) >= 11 is 0. The van der Waals surface area contributed by atoms with Gasteiger partial charge < -0.3 is 4.57 Å². The van der Waals surface area contributed by atoms with Gasteiger partial charge in [-0.1, -0.05) is 147 Å². The van der Waals surface area contributed by atoms with Gasteiger partial charge in [0, 0.05) is 57.3 Å². The summed E-state index contributed by atoms with van der Waals surface area (Å²) in [6, 6.07) is 60.2. The molecule has 0 spiro atoms. The lowest BCUT2D eigenvalue weighted by molar-refractivity contribution is 0.661. The van der Waals surface area contributed by atoms with Gasteiger partial charge in [0.15, 0.2) is 17.5 Å². The molecular formula is C53H37N5. The molecule has 0 fully saturated rings. The third-order valence-corrected chi connectivity index (χ3v) is 11.8. The van der Waals surface area contributed by atoms with Crippen LogP contribution in [0, 0.1) is 0 Å². The summed E-state index contributed by atoms with van der Waals surface area (Å²) in [7, 11) is 0. The molecule has 58 heavy (non-hydrogen) atoms. The Morgan fingerprint density at radius 2 is 0.983 bits per heavy atom. The van der Waals surface area contributed by atoms with E-state index in [-0.39, 0.29) is 5.41 Å². The first kappa shape index (κ1) is 33.8. The maximum atomic E-state index is 5.04. The molecule has 3 aromatic heterocycles. The Morgan fingerprint density at radius 3 is 1.67 bits per heavy atom.